The normalized spacial score (nSPS) is 10.7. The van der Waals surface area contributed by atoms with Crippen LogP contribution in [-0.4, -0.2) is 32.8 Å². The van der Waals surface area contributed by atoms with Gasteiger partial charge in [0, 0.05) is 23.4 Å². The summed E-state index contributed by atoms with van der Waals surface area (Å²) in [5.74, 6) is 0.959. The van der Waals surface area contributed by atoms with E-state index < -0.39 is 0 Å². The van der Waals surface area contributed by atoms with Gasteiger partial charge in [-0.25, -0.2) is 4.98 Å². The number of ether oxygens (including phenoxy) is 1. The Morgan fingerprint density at radius 2 is 2.00 bits per heavy atom. The number of aryl methyl sites for hydroxylation is 1. The molecule has 0 saturated heterocycles. The minimum Gasteiger partial charge on any atom is -0.497 e. The molecule has 9 heteroatoms. The Morgan fingerprint density at radius 1 is 1.21 bits per heavy atom. The van der Waals surface area contributed by atoms with Gasteiger partial charge in [-0.3, -0.25) is 14.6 Å². The monoisotopic (exact) mass is 407 g/mol. The van der Waals surface area contributed by atoms with Crippen molar-refractivity contribution in [1.29, 1.82) is 0 Å². The van der Waals surface area contributed by atoms with Crippen LogP contribution in [0.2, 0.25) is 0 Å². The Bertz CT molecular complexity index is 1210. The highest BCUT2D eigenvalue weighted by Crippen LogP contribution is 2.27. The number of rotatable bonds is 5. The number of nitrogens with one attached hydrogen (secondary N) is 2. The van der Waals surface area contributed by atoms with Crippen molar-refractivity contribution in [3.8, 4) is 22.3 Å². The summed E-state index contributed by atoms with van der Waals surface area (Å²) in [4.78, 5) is 32.6. The average molecular weight is 407 g/mol. The smallest absolute Gasteiger partial charge is 0.256 e. The number of carbonyl (C=O) groups excluding carboxylic acids is 1. The molecular formula is C20H17N5O3S. The molecule has 0 fully saturated rings. The highest BCUT2D eigenvalue weighted by Gasteiger charge is 2.17. The van der Waals surface area contributed by atoms with Crippen molar-refractivity contribution in [3.63, 3.8) is 0 Å². The van der Waals surface area contributed by atoms with E-state index in [1.807, 2.05) is 17.5 Å². The summed E-state index contributed by atoms with van der Waals surface area (Å²) in [7, 11) is 1.56. The van der Waals surface area contributed by atoms with Crippen LogP contribution in [0.5, 0.6) is 5.75 Å². The van der Waals surface area contributed by atoms with E-state index in [0.717, 1.165) is 4.88 Å². The summed E-state index contributed by atoms with van der Waals surface area (Å²) in [5, 5.41) is 9.33. The lowest BCUT2D eigenvalue weighted by atomic mass is 10.2. The molecule has 0 spiro atoms. The minimum absolute atomic E-state index is 0.225. The summed E-state index contributed by atoms with van der Waals surface area (Å²) in [6, 6.07) is 13.7. The van der Waals surface area contributed by atoms with Crippen molar-refractivity contribution in [3.05, 3.63) is 75.5 Å². The molecule has 2 N–H and O–H groups in total. The molecule has 3 aromatic heterocycles. The zero-order valence-electron chi connectivity index (χ0n) is 15.7. The molecule has 0 aliphatic heterocycles. The third-order valence-corrected chi connectivity index (χ3v) is 5.03. The van der Waals surface area contributed by atoms with Crippen molar-refractivity contribution in [2.75, 3.05) is 12.4 Å². The molecule has 146 valence electrons. The van der Waals surface area contributed by atoms with E-state index in [2.05, 4.69) is 20.4 Å². The van der Waals surface area contributed by atoms with Gasteiger partial charge in [-0.1, -0.05) is 6.07 Å². The molecule has 1 amide bonds. The molecule has 29 heavy (non-hydrogen) atoms. The van der Waals surface area contributed by atoms with Gasteiger partial charge in [0.25, 0.3) is 11.5 Å². The van der Waals surface area contributed by atoms with E-state index in [9.17, 15) is 9.59 Å². The van der Waals surface area contributed by atoms with Crippen LogP contribution >= 0.6 is 11.3 Å². The highest BCUT2D eigenvalue weighted by molar-refractivity contribution is 7.13. The number of amides is 1. The fourth-order valence-corrected chi connectivity index (χ4v) is 3.45. The van der Waals surface area contributed by atoms with Crippen molar-refractivity contribution in [2.45, 2.75) is 6.92 Å². The lowest BCUT2D eigenvalue weighted by molar-refractivity contribution is 0.102. The number of methoxy groups -OCH3 is 1. The second kappa shape index (κ2) is 7.72. The van der Waals surface area contributed by atoms with Crippen molar-refractivity contribution >= 4 is 23.1 Å². The Morgan fingerprint density at radius 3 is 2.66 bits per heavy atom. The molecule has 0 saturated carbocycles. The second-order valence-corrected chi connectivity index (χ2v) is 7.14. The van der Waals surface area contributed by atoms with Gasteiger partial charge in [0.2, 0.25) is 5.95 Å². The van der Waals surface area contributed by atoms with E-state index in [0.29, 0.717) is 28.5 Å². The van der Waals surface area contributed by atoms with Crippen LogP contribution in [0.25, 0.3) is 16.5 Å². The number of benzene rings is 1. The third-order valence-electron chi connectivity index (χ3n) is 4.13. The molecule has 0 unspecified atom stereocenters. The lowest BCUT2D eigenvalue weighted by Gasteiger charge is -2.08. The first kappa shape index (κ1) is 18.6. The summed E-state index contributed by atoms with van der Waals surface area (Å²) in [6.45, 7) is 1.72. The molecule has 3 heterocycles. The molecule has 0 aliphatic rings. The SMILES string of the molecule is COc1ccc(C(=O)Nc2cc(-c3cccs3)nn2-c2nc(C)cc(=O)[nH]2)cc1. The van der Waals surface area contributed by atoms with Crippen LogP contribution in [0.4, 0.5) is 5.82 Å². The first-order chi connectivity index (χ1) is 14.0. The second-order valence-electron chi connectivity index (χ2n) is 6.20. The molecule has 0 atom stereocenters. The van der Waals surface area contributed by atoms with Crippen LogP contribution in [-0.2, 0) is 0 Å². The number of hydrogen-bond donors (Lipinski definition) is 2. The molecule has 0 aliphatic carbocycles. The van der Waals surface area contributed by atoms with E-state index in [4.69, 9.17) is 4.74 Å². The van der Waals surface area contributed by atoms with Crippen molar-refractivity contribution < 1.29 is 9.53 Å². The minimum atomic E-state index is -0.318. The predicted octanol–water partition coefficient (Wildman–Crippen LogP) is 3.25. The van der Waals surface area contributed by atoms with Gasteiger partial charge in [-0.15, -0.1) is 11.3 Å². The van der Waals surface area contributed by atoms with Crippen LogP contribution < -0.4 is 15.6 Å². The molecule has 4 rings (SSSR count). The Hall–Kier alpha value is -3.72. The van der Waals surface area contributed by atoms with Crippen molar-refractivity contribution in [1.82, 2.24) is 19.7 Å². The molecule has 0 radical (unpaired) electrons. The molecule has 0 bridgehead atoms. The van der Waals surface area contributed by atoms with Crippen LogP contribution in [0.15, 0.2) is 58.7 Å². The molecular weight excluding hydrogens is 390 g/mol. The summed E-state index contributed by atoms with van der Waals surface area (Å²) in [6.07, 6.45) is 0. The number of H-pyrrole nitrogens is 1. The molecule has 8 nitrogen and oxygen atoms in total. The summed E-state index contributed by atoms with van der Waals surface area (Å²) >= 11 is 1.52. The number of hydrogen-bond acceptors (Lipinski definition) is 6. The fourth-order valence-electron chi connectivity index (χ4n) is 2.77. The number of anilines is 1. The van der Waals surface area contributed by atoms with Crippen LogP contribution in [0, 0.1) is 6.92 Å². The highest BCUT2D eigenvalue weighted by atomic mass is 32.1. The predicted molar refractivity (Wildman–Crippen MR) is 111 cm³/mol. The maximum atomic E-state index is 12.7. The zero-order chi connectivity index (χ0) is 20.4. The number of nitrogens with zero attached hydrogens (tertiary/aromatic N) is 3. The van der Waals surface area contributed by atoms with E-state index in [1.54, 1.807) is 44.4 Å². The van der Waals surface area contributed by atoms with Gasteiger partial charge in [0.15, 0.2) is 0 Å². The van der Waals surface area contributed by atoms with Crippen LogP contribution in [0.3, 0.4) is 0 Å². The number of aromatic amines is 1. The first-order valence-corrected chi connectivity index (χ1v) is 9.59. The van der Waals surface area contributed by atoms with Gasteiger partial charge in [0.1, 0.15) is 17.3 Å². The van der Waals surface area contributed by atoms with Gasteiger partial charge in [-0.05, 0) is 42.6 Å². The largest absolute Gasteiger partial charge is 0.497 e. The number of thiophene rings is 1. The third kappa shape index (κ3) is 3.94. The summed E-state index contributed by atoms with van der Waals surface area (Å²) < 4.78 is 6.55. The molecule has 1 aromatic carbocycles. The van der Waals surface area contributed by atoms with E-state index in [-0.39, 0.29) is 17.4 Å². The van der Waals surface area contributed by atoms with Gasteiger partial charge < -0.3 is 10.1 Å². The Balaban J connectivity index is 1.74. The summed E-state index contributed by atoms with van der Waals surface area (Å²) in [5.41, 5.74) is 1.37. The average Bonchev–Trinajstić information content (AvgIpc) is 3.37. The standard InChI is InChI=1S/C20H17N5O3S/c1-12-10-18(26)23-20(21-12)25-17(11-15(24-25)16-4-3-9-29-16)22-19(27)13-5-7-14(28-2)8-6-13/h3-11H,1-2H3,(H,22,27)(H,21,23,26). The number of carbonyl (C=O) groups is 1. The number of aromatic nitrogens is 4. The maximum Gasteiger partial charge on any atom is 0.256 e. The quantitative estimate of drug-likeness (QED) is 0.529. The maximum absolute atomic E-state index is 12.7. The van der Waals surface area contributed by atoms with E-state index >= 15 is 0 Å². The topological polar surface area (TPSA) is 102 Å². The van der Waals surface area contributed by atoms with Gasteiger partial charge >= 0.3 is 0 Å². The lowest BCUT2D eigenvalue weighted by Crippen LogP contribution is -2.18. The van der Waals surface area contributed by atoms with Crippen molar-refractivity contribution in [2.24, 2.45) is 0 Å². The first-order valence-electron chi connectivity index (χ1n) is 8.71. The van der Waals surface area contributed by atoms with Gasteiger partial charge in [0.05, 0.1) is 12.0 Å². The van der Waals surface area contributed by atoms with Gasteiger partial charge in [-0.2, -0.15) is 9.78 Å². The molecule has 4 aromatic rings. The Labute approximate surface area is 169 Å². The zero-order valence-corrected chi connectivity index (χ0v) is 16.5. The fraction of sp³-hybridized carbons (Fsp3) is 0.100. The van der Waals surface area contributed by atoms with Crippen LogP contribution in [0.1, 0.15) is 16.1 Å². The Kier molecular flexibility index (Phi) is 4.96. The van der Waals surface area contributed by atoms with E-state index in [1.165, 1.54) is 22.1 Å².